The Morgan fingerprint density at radius 2 is 2.10 bits per heavy atom. The maximum atomic E-state index is 11.3. The topological polar surface area (TPSA) is 101 Å². The normalized spacial score (nSPS) is 10.6. The first-order valence-corrected chi connectivity index (χ1v) is 6.22. The van der Waals surface area contributed by atoms with Crippen LogP contribution in [0, 0.1) is 20.8 Å². The Labute approximate surface area is 116 Å². The smallest absolute Gasteiger partial charge is 0.339 e. The van der Waals surface area contributed by atoms with Gasteiger partial charge in [0.15, 0.2) is 5.82 Å². The van der Waals surface area contributed by atoms with Gasteiger partial charge in [-0.25, -0.2) is 4.79 Å². The van der Waals surface area contributed by atoms with Gasteiger partial charge in [-0.2, -0.15) is 4.98 Å². The first-order valence-electron chi connectivity index (χ1n) is 6.22. The zero-order valence-corrected chi connectivity index (χ0v) is 11.6. The summed E-state index contributed by atoms with van der Waals surface area (Å²) < 4.78 is 4.87. The molecule has 0 fully saturated rings. The summed E-state index contributed by atoms with van der Waals surface area (Å²) in [4.78, 5) is 19.5. The van der Waals surface area contributed by atoms with E-state index < -0.39 is 5.97 Å². The van der Waals surface area contributed by atoms with Gasteiger partial charge < -0.3 is 14.9 Å². The second kappa shape index (κ2) is 5.68. The third-order valence-electron chi connectivity index (χ3n) is 2.78. The van der Waals surface area contributed by atoms with Gasteiger partial charge in [-0.15, -0.1) is 0 Å². The number of aromatic carboxylic acids is 1. The van der Waals surface area contributed by atoms with E-state index >= 15 is 0 Å². The zero-order valence-electron chi connectivity index (χ0n) is 11.6. The van der Waals surface area contributed by atoms with E-state index in [1.165, 1.54) is 0 Å². The summed E-state index contributed by atoms with van der Waals surface area (Å²) in [5.41, 5.74) is 2.02. The molecule has 106 valence electrons. The second-order valence-corrected chi connectivity index (χ2v) is 4.48. The number of carboxylic acids is 1. The van der Waals surface area contributed by atoms with Gasteiger partial charge in [0.05, 0.1) is 11.4 Å². The highest BCUT2D eigenvalue weighted by Crippen LogP contribution is 2.19. The van der Waals surface area contributed by atoms with Crippen molar-refractivity contribution in [1.29, 1.82) is 0 Å². The van der Waals surface area contributed by atoms with E-state index in [0.29, 0.717) is 36.1 Å². The van der Waals surface area contributed by atoms with E-state index in [4.69, 9.17) is 4.52 Å². The van der Waals surface area contributed by atoms with Crippen LogP contribution in [0.25, 0.3) is 0 Å². The lowest BCUT2D eigenvalue weighted by Gasteiger charge is -2.11. The summed E-state index contributed by atoms with van der Waals surface area (Å²) in [7, 11) is 0. The molecule has 2 aromatic heterocycles. The van der Waals surface area contributed by atoms with E-state index in [1.54, 1.807) is 19.9 Å². The summed E-state index contributed by atoms with van der Waals surface area (Å²) in [6.07, 6.45) is 0.552. The van der Waals surface area contributed by atoms with E-state index in [9.17, 15) is 9.90 Å². The molecular formula is C13H16N4O3. The predicted molar refractivity (Wildman–Crippen MR) is 71.9 cm³/mol. The first kappa shape index (κ1) is 14.0. The minimum Gasteiger partial charge on any atom is -0.478 e. The van der Waals surface area contributed by atoms with Crippen LogP contribution in [-0.4, -0.2) is 32.7 Å². The molecule has 0 spiro atoms. The average molecular weight is 276 g/mol. The van der Waals surface area contributed by atoms with Crippen molar-refractivity contribution in [3.63, 3.8) is 0 Å². The van der Waals surface area contributed by atoms with Gasteiger partial charge >= 0.3 is 5.97 Å². The molecule has 0 aliphatic carbocycles. The molecule has 0 amide bonds. The number of nitrogens with one attached hydrogen (secondary N) is 1. The van der Waals surface area contributed by atoms with Crippen molar-refractivity contribution in [2.24, 2.45) is 0 Å². The molecular weight excluding hydrogens is 260 g/mol. The number of hydrogen-bond acceptors (Lipinski definition) is 6. The van der Waals surface area contributed by atoms with Crippen molar-refractivity contribution in [3.05, 3.63) is 34.7 Å². The Morgan fingerprint density at radius 3 is 2.70 bits per heavy atom. The van der Waals surface area contributed by atoms with Gasteiger partial charge in [0.2, 0.25) is 5.89 Å². The van der Waals surface area contributed by atoms with Crippen molar-refractivity contribution < 1.29 is 14.4 Å². The molecule has 0 atom stereocenters. The lowest BCUT2D eigenvalue weighted by Crippen LogP contribution is -2.13. The molecule has 0 aliphatic rings. The monoisotopic (exact) mass is 276 g/mol. The van der Waals surface area contributed by atoms with Crippen LogP contribution in [0.15, 0.2) is 10.6 Å². The summed E-state index contributed by atoms with van der Waals surface area (Å²) in [5.74, 6) is 0.115. The Hall–Kier alpha value is -2.44. The molecule has 0 unspecified atom stereocenters. The van der Waals surface area contributed by atoms with E-state index in [1.807, 2.05) is 6.92 Å². The quantitative estimate of drug-likeness (QED) is 0.857. The molecule has 0 radical (unpaired) electrons. The van der Waals surface area contributed by atoms with E-state index in [0.717, 1.165) is 5.69 Å². The lowest BCUT2D eigenvalue weighted by atomic mass is 10.1. The molecule has 2 heterocycles. The maximum Gasteiger partial charge on any atom is 0.339 e. The Bertz CT molecular complexity index is 637. The van der Waals surface area contributed by atoms with E-state index in [-0.39, 0.29) is 5.56 Å². The molecule has 0 aliphatic heterocycles. The van der Waals surface area contributed by atoms with Crippen LogP contribution in [-0.2, 0) is 6.42 Å². The SMILES string of the molecule is Cc1cc(NCCc2noc(C)n2)c(C(=O)O)c(C)n1. The molecule has 0 bridgehead atoms. The summed E-state index contributed by atoms with van der Waals surface area (Å²) in [5, 5.41) is 16.1. The fourth-order valence-corrected chi connectivity index (χ4v) is 1.99. The number of carboxylic acid groups (broad SMARTS) is 1. The van der Waals surface area contributed by atoms with Crippen molar-refractivity contribution in [3.8, 4) is 0 Å². The van der Waals surface area contributed by atoms with Gasteiger partial charge in [-0.05, 0) is 19.9 Å². The molecule has 0 aromatic carbocycles. The lowest BCUT2D eigenvalue weighted by molar-refractivity contribution is 0.0696. The Morgan fingerprint density at radius 1 is 1.35 bits per heavy atom. The van der Waals surface area contributed by atoms with Crippen LogP contribution in [0.5, 0.6) is 0 Å². The van der Waals surface area contributed by atoms with E-state index in [2.05, 4.69) is 20.4 Å². The van der Waals surface area contributed by atoms with Gasteiger partial charge in [0, 0.05) is 25.6 Å². The van der Waals surface area contributed by atoms with Crippen molar-refractivity contribution in [1.82, 2.24) is 15.1 Å². The number of anilines is 1. The summed E-state index contributed by atoms with van der Waals surface area (Å²) in [6.45, 7) is 5.75. The molecule has 7 heteroatoms. The zero-order chi connectivity index (χ0) is 14.7. The third-order valence-corrected chi connectivity index (χ3v) is 2.78. The highest BCUT2D eigenvalue weighted by Gasteiger charge is 2.15. The predicted octanol–water partition coefficient (Wildman–Crippen LogP) is 1.74. The van der Waals surface area contributed by atoms with Gasteiger partial charge in [-0.1, -0.05) is 5.16 Å². The third kappa shape index (κ3) is 3.11. The molecule has 2 aromatic rings. The molecule has 2 N–H and O–H groups in total. The van der Waals surface area contributed by atoms with Crippen LogP contribution in [0.1, 0.15) is 33.5 Å². The minimum absolute atomic E-state index is 0.194. The standard InChI is InChI=1S/C13H16N4O3/c1-7-6-10(12(13(18)19)8(2)15-7)14-5-4-11-16-9(3)20-17-11/h6H,4-5H2,1-3H3,(H,14,15)(H,18,19). The number of carbonyl (C=O) groups is 1. The number of aryl methyl sites for hydroxylation is 3. The van der Waals surface area contributed by atoms with Crippen molar-refractivity contribution in [2.45, 2.75) is 27.2 Å². The van der Waals surface area contributed by atoms with Crippen molar-refractivity contribution in [2.75, 3.05) is 11.9 Å². The van der Waals surface area contributed by atoms with Crippen LogP contribution < -0.4 is 5.32 Å². The number of hydrogen-bond donors (Lipinski definition) is 2. The second-order valence-electron chi connectivity index (χ2n) is 4.48. The maximum absolute atomic E-state index is 11.3. The highest BCUT2D eigenvalue weighted by molar-refractivity contribution is 5.95. The molecule has 0 saturated carbocycles. The van der Waals surface area contributed by atoms with Crippen LogP contribution in [0.3, 0.4) is 0 Å². The largest absolute Gasteiger partial charge is 0.478 e. The van der Waals surface area contributed by atoms with Crippen molar-refractivity contribution >= 4 is 11.7 Å². The fraction of sp³-hybridized carbons (Fsp3) is 0.385. The van der Waals surface area contributed by atoms with Gasteiger partial charge in [-0.3, -0.25) is 4.98 Å². The number of rotatable bonds is 5. The summed E-state index contributed by atoms with van der Waals surface area (Å²) >= 11 is 0. The Kier molecular flexibility index (Phi) is 3.97. The molecule has 2 rings (SSSR count). The van der Waals surface area contributed by atoms with Gasteiger partial charge in [0.1, 0.15) is 5.56 Å². The molecule has 0 saturated heterocycles. The van der Waals surface area contributed by atoms with Gasteiger partial charge in [0.25, 0.3) is 0 Å². The number of aromatic nitrogens is 3. The van der Waals surface area contributed by atoms with Crippen LogP contribution >= 0.6 is 0 Å². The first-order chi connectivity index (χ1) is 9.47. The Balaban J connectivity index is 2.10. The number of pyridine rings is 1. The molecule has 20 heavy (non-hydrogen) atoms. The van der Waals surface area contributed by atoms with Crippen LogP contribution in [0.4, 0.5) is 5.69 Å². The number of nitrogens with zero attached hydrogens (tertiary/aromatic N) is 3. The minimum atomic E-state index is -0.993. The highest BCUT2D eigenvalue weighted by atomic mass is 16.5. The van der Waals surface area contributed by atoms with Crippen LogP contribution in [0.2, 0.25) is 0 Å². The fourth-order valence-electron chi connectivity index (χ4n) is 1.99. The molecule has 7 nitrogen and oxygen atoms in total. The average Bonchev–Trinajstić information content (AvgIpc) is 2.73. The summed E-state index contributed by atoms with van der Waals surface area (Å²) in [6, 6.07) is 1.72.